The summed E-state index contributed by atoms with van der Waals surface area (Å²) in [7, 11) is 0. The number of hydrogen-bond acceptors (Lipinski definition) is 1. The molecule has 2 heteroatoms. The SMILES string of the molecule is CCc1nn(CC)c2ccccc12. The Morgan fingerprint density at radius 1 is 1.23 bits per heavy atom. The summed E-state index contributed by atoms with van der Waals surface area (Å²) in [5.74, 6) is 0. The summed E-state index contributed by atoms with van der Waals surface area (Å²) in [6.45, 7) is 5.22. The number of nitrogens with zero attached hydrogens (tertiary/aromatic N) is 2. The van der Waals surface area contributed by atoms with Gasteiger partial charge in [-0.25, -0.2) is 0 Å². The van der Waals surface area contributed by atoms with Crippen LogP contribution in [0.4, 0.5) is 0 Å². The van der Waals surface area contributed by atoms with E-state index in [0.717, 1.165) is 13.0 Å². The lowest BCUT2D eigenvalue weighted by atomic mass is 10.2. The number of benzene rings is 1. The van der Waals surface area contributed by atoms with Crippen LogP contribution in [0.3, 0.4) is 0 Å². The van der Waals surface area contributed by atoms with Gasteiger partial charge in [-0.1, -0.05) is 25.1 Å². The fourth-order valence-electron chi connectivity index (χ4n) is 1.70. The van der Waals surface area contributed by atoms with Gasteiger partial charge in [0.1, 0.15) is 0 Å². The highest BCUT2D eigenvalue weighted by Gasteiger charge is 2.05. The van der Waals surface area contributed by atoms with E-state index in [4.69, 9.17) is 0 Å². The number of aromatic nitrogens is 2. The largest absolute Gasteiger partial charge is 0.265 e. The van der Waals surface area contributed by atoms with E-state index in [-0.39, 0.29) is 0 Å². The second kappa shape index (κ2) is 3.21. The van der Waals surface area contributed by atoms with Crippen molar-refractivity contribution in [1.82, 2.24) is 9.78 Å². The average molecular weight is 174 g/mol. The first kappa shape index (κ1) is 8.30. The number of fused-ring (bicyclic) bond motifs is 1. The van der Waals surface area contributed by atoms with Crippen molar-refractivity contribution in [2.75, 3.05) is 0 Å². The lowest BCUT2D eigenvalue weighted by molar-refractivity contribution is 0.670. The summed E-state index contributed by atoms with van der Waals surface area (Å²) in [6, 6.07) is 8.41. The Kier molecular flexibility index (Phi) is 2.05. The third kappa shape index (κ3) is 1.22. The summed E-state index contributed by atoms with van der Waals surface area (Å²) >= 11 is 0. The molecule has 0 N–H and O–H groups in total. The molecule has 0 aliphatic carbocycles. The molecular formula is C11H14N2. The van der Waals surface area contributed by atoms with Gasteiger partial charge in [0.15, 0.2) is 0 Å². The topological polar surface area (TPSA) is 17.8 Å². The molecule has 0 aliphatic heterocycles. The van der Waals surface area contributed by atoms with Crippen LogP contribution in [0.15, 0.2) is 24.3 Å². The number of para-hydroxylation sites is 1. The Balaban J connectivity index is 2.74. The predicted molar refractivity (Wildman–Crippen MR) is 54.8 cm³/mol. The highest BCUT2D eigenvalue weighted by Crippen LogP contribution is 2.18. The number of hydrogen-bond donors (Lipinski definition) is 0. The van der Waals surface area contributed by atoms with Gasteiger partial charge in [-0.2, -0.15) is 5.10 Å². The maximum Gasteiger partial charge on any atom is 0.0700 e. The van der Waals surface area contributed by atoms with Crippen LogP contribution < -0.4 is 0 Å². The van der Waals surface area contributed by atoms with Crippen LogP contribution >= 0.6 is 0 Å². The minimum Gasteiger partial charge on any atom is -0.265 e. The van der Waals surface area contributed by atoms with E-state index in [1.54, 1.807) is 0 Å². The third-order valence-corrected chi connectivity index (χ3v) is 2.37. The van der Waals surface area contributed by atoms with Gasteiger partial charge in [0.25, 0.3) is 0 Å². The Hall–Kier alpha value is -1.31. The molecule has 0 bridgehead atoms. The first-order valence-electron chi connectivity index (χ1n) is 4.81. The van der Waals surface area contributed by atoms with Crippen LogP contribution in [0.25, 0.3) is 10.9 Å². The quantitative estimate of drug-likeness (QED) is 0.684. The van der Waals surface area contributed by atoms with E-state index >= 15 is 0 Å². The predicted octanol–water partition coefficient (Wildman–Crippen LogP) is 2.62. The summed E-state index contributed by atoms with van der Waals surface area (Å²) in [5, 5.41) is 5.84. The van der Waals surface area contributed by atoms with Gasteiger partial charge < -0.3 is 0 Å². The van der Waals surface area contributed by atoms with Crippen LogP contribution in [0.2, 0.25) is 0 Å². The van der Waals surface area contributed by atoms with Gasteiger partial charge in [0.05, 0.1) is 11.2 Å². The Morgan fingerprint density at radius 2 is 2.00 bits per heavy atom. The fraction of sp³-hybridized carbons (Fsp3) is 0.364. The van der Waals surface area contributed by atoms with Crippen LogP contribution in [-0.4, -0.2) is 9.78 Å². The summed E-state index contributed by atoms with van der Waals surface area (Å²) < 4.78 is 2.06. The van der Waals surface area contributed by atoms with Gasteiger partial charge >= 0.3 is 0 Å². The Morgan fingerprint density at radius 3 is 2.69 bits per heavy atom. The van der Waals surface area contributed by atoms with Crippen molar-refractivity contribution in [2.24, 2.45) is 0 Å². The molecule has 2 rings (SSSR count). The molecule has 68 valence electrons. The maximum absolute atomic E-state index is 4.54. The van der Waals surface area contributed by atoms with Crippen LogP contribution in [0.1, 0.15) is 19.5 Å². The molecule has 1 aromatic carbocycles. The lowest BCUT2D eigenvalue weighted by Gasteiger charge is -1.95. The van der Waals surface area contributed by atoms with Gasteiger partial charge in [0.2, 0.25) is 0 Å². The van der Waals surface area contributed by atoms with E-state index in [0.29, 0.717) is 0 Å². The van der Waals surface area contributed by atoms with Crippen molar-refractivity contribution < 1.29 is 0 Å². The van der Waals surface area contributed by atoms with Gasteiger partial charge in [-0.3, -0.25) is 4.68 Å². The molecule has 0 atom stereocenters. The fourth-order valence-corrected chi connectivity index (χ4v) is 1.70. The Bertz CT molecular complexity index is 377. The molecule has 0 radical (unpaired) electrons. The van der Waals surface area contributed by atoms with Crippen molar-refractivity contribution >= 4 is 10.9 Å². The lowest BCUT2D eigenvalue weighted by Crippen LogP contribution is -1.96. The smallest absolute Gasteiger partial charge is 0.0700 e. The van der Waals surface area contributed by atoms with Gasteiger partial charge in [-0.05, 0) is 19.4 Å². The zero-order valence-corrected chi connectivity index (χ0v) is 8.12. The maximum atomic E-state index is 4.54. The van der Waals surface area contributed by atoms with Crippen molar-refractivity contribution in [3.8, 4) is 0 Å². The van der Waals surface area contributed by atoms with Crippen LogP contribution in [0.5, 0.6) is 0 Å². The molecule has 0 amide bonds. The van der Waals surface area contributed by atoms with Crippen LogP contribution in [0, 0.1) is 0 Å². The second-order valence-electron chi connectivity index (χ2n) is 3.13. The molecular weight excluding hydrogens is 160 g/mol. The van der Waals surface area contributed by atoms with Crippen molar-refractivity contribution in [3.63, 3.8) is 0 Å². The zero-order chi connectivity index (χ0) is 9.26. The highest BCUT2D eigenvalue weighted by molar-refractivity contribution is 5.81. The summed E-state index contributed by atoms with van der Waals surface area (Å²) in [6.07, 6.45) is 1.01. The molecule has 0 spiro atoms. The third-order valence-electron chi connectivity index (χ3n) is 2.37. The molecule has 2 nitrogen and oxygen atoms in total. The molecule has 0 saturated carbocycles. The van der Waals surface area contributed by atoms with Crippen LogP contribution in [-0.2, 0) is 13.0 Å². The van der Waals surface area contributed by atoms with E-state index in [9.17, 15) is 0 Å². The van der Waals surface area contributed by atoms with Crippen molar-refractivity contribution in [2.45, 2.75) is 26.8 Å². The van der Waals surface area contributed by atoms with Crippen molar-refractivity contribution in [1.29, 1.82) is 0 Å². The van der Waals surface area contributed by atoms with Crippen molar-refractivity contribution in [3.05, 3.63) is 30.0 Å². The molecule has 1 heterocycles. The minimum atomic E-state index is 0.945. The van der Waals surface area contributed by atoms with E-state index in [2.05, 4.69) is 47.9 Å². The number of rotatable bonds is 2. The van der Waals surface area contributed by atoms with E-state index in [1.807, 2.05) is 0 Å². The second-order valence-corrected chi connectivity index (χ2v) is 3.13. The first-order chi connectivity index (χ1) is 6.36. The zero-order valence-electron chi connectivity index (χ0n) is 8.12. The summed E-state index contributed by atoms with van der Waals surface area (Å²) in [4.78, 5) is 0. The molecule has 0 fully saturated rings. The number of aryl methyl sites for hydroxylation is 2. The molecule has 1 aromatic heterocycles. The standard InChI is InChI=1S/C11H14N2/c1-3-10-9-7-5-6-8-11(9)13(4-2)12-10/h5-8H,3-4H2,1-2H3. The first-order valence-corrected chi connectivity index (χ1v) is 4.81. The molecule has 0 unspecified atom stereocenters. The Labute approximate surface area is 78.2 Å². The molecule has 2 aromatic rings. The molecule has 0 aliphatic rings. The molecule has 13 heavy (non-hydrogen) atoms. The highest BCUT2D eigenvalue weighted by atomic mass is 15.3. The van der Waals surface area contributed by atoms with Gasteiger partial charge in [0, 0.05) is 11.9 Å². The average Bonchev–Trinajstić information content (AvgIpc) is 2.56. The monoisotopic (exact) mass is 174 g/mol. The van der Waals surface area contributed by atoms with E-state index in [1.165, 1.54) is 16.6 Å². The van der Waals surface area contributed by atoms with Gasteiger partial charge in [-0.15, -0.1) is 0 Å². The normalized spacial score (nSPS) is 10.9. The summed E-state index contributed by atoms with van der Waals surface area (Å²) in [5.41, 5.74) is 2.46. The minimum absolute atomic E-state index is 0.945. The van der Waals surface area contributed by atoms with E-state index < -0.39 is 0 Å². The molecule has 0 saturated heterocycles.